The van der Waals surface area contributed by atoms with Crippen LogP contribution in [-0.2, 0) is 11.3 Å². The number of hydrogen-bond donors (Lipinski definition) is 2. The van der Waals surface area contributed by atoms with Crippen LogP contribution in [0.4, 0.5) is 0 Å². The Morgan fingerprint density at radius 1 is 1.21 bits per heavy atom. The smallest absolute Gasteiger partial charge is 0.226 e. The minimum atomic E-state index is -0.441. The first kappa shape index (κ1) is 23.7. The van der Waals surface area contributed by atoms with Crippen molar-refractivity contribution in [3.05, 3.63) is 51.8 Å². The molecular weight excluding hydrogens is 360 g/mol. The molecule has 0 radical (unpaired) electrons. The van der Waals surface area contributed by atoms with E-state index in [4.69, 9.17) is 4.42 Å². The molecule has 0 amide bonds. The third kappa shape index (κ3) is 7.32. The Kier molecular flexibility index (Phi) is 10.3. The van der Waals surface area contributed by atoms with E-state index in [0.29, 0.717) is 18.7 Å². The topological polar surface area (TPSA) is 94.2 Å². The number of allylic oxidation sites excluding steroid dienone is 2. The molecule has 0 fully saturated rings. The molecule has 0 bridgehead atoms. The maximum absolute atomic E-state index is 11.8. The fraction of sp³-hybridized carbons (Fsp3) is 0.524. The van der Waals surface area contributed by atoms with Crippen LogP contribution in [0.25, 0.3) is 0 Å². The Hall–Kier alpha value is -2.38. The van der Waals surface area contributed by atoms with E-state index in [-0.39, 0.29) is 23.1 Å². The Morgan fingerprint density at radius 3 is 2.46 bits per heavy atom. The third-order valence-corrected chi connectivity index (χ3v) is 4.55. The first-order valence-corrected chi connectivity index (χ1v) is 9.64. The maximum atomic E-state index is 11.8. The van der Waals surface area contributed by atoms with Gasteiger partial charge < -0.3 is 14.6 Å². The van der Waals surface area contributed by atoms with Crippen LogP contribution >= 0.6 is 0 Å². The van der Waals surface area contributed by atoms with E-state index < -0.39 is 5.43 Å². The molecule has 1 aromatic rings. The van der Waals surface area contributed by atoms with Gasteiger partial charge in [-0.2, -0.15) is 0 Å². The first-order chi connectivity index (χ1) is 13.3. The summed E-state index contributed by atoms with van der Waals surface area (Å²) in [4.78, 5) is 27.5. The van der Waals surface area contributed by atoms with Gasteiger partial charge in [-0.1, -0.05) is 19.9 Å². The van der Waals surface area contributed by atoms with Crippen LogP contribution in [0.5, 0.6) is 5.75 Å². The molecule has 1 aromatic heterocycles. The summed E-state index contributed by atoms with van der Waals surface area (Å²) < 4.78 is 5.27. The van der Waals surface area contributed by atoms with E-state index in [1.54, 1.807) is 19.9 Å². The summed E-state index contributed by atoms with van der Waals surface area (Å²) in [6.45, 7) is 11.5. The molecule has 0 atom stereocenters. The number of carbonyl (C=O) groups is 1. The lowest BCUT2D eigenvalue weighted by Gasteiger charge is -2.24. The highest BCUT2D eigenvalue weighted by atomic mass is 16.4. The van der Waals surface area contributed by atoms with E-state index in [0.717, 1.165) is 32.6 Å². The van der Waals surface area contributed by atoms with Crippen LogP contribution in [0.3, 0.4) is 0 Å². The van der Waals surface area contributed by atoms with E-state index in [1.165, 1.54) is 18.4 Å². The fourth-order valence-electron chi connectivity index (χ4n) is 2.83. The number of carbonyl (C=O) groups excluding carboxylic acids is 1. The monoisotopic (exact) mass is 392 g/mol. The highest BCUT2D eigenvalue weighted by Crippen LogP contribution is 2.14. The van der Waals surface area contributed by atoms with Gasteiger partial charge in [-0.3, -0.25) is 19.4 Å². The fourth-order valence-corrected chi connectivity index (χ4v) is 2.83. The minimum absolute atomic E-state index is 0.193. The number of rotatable bonds is 12. The Morgan fingerprint density at radius 2 is 1.86 bits per heavy atom. The van der Waals surface area contributed by atoms with E-state index in [1.807, 2.05) is 13.8 Å². The van der Waals surface area contributed by atoms with Gasteiger partial charge in [0.25, 0.3) is 0 Å². The number of aliphatic hydroxyl groups is 1. The molecular formula is C21H32N2O5. The Balaban J connectivity index is 2.60. The number of likely N-dealkylation sites (N-methyl/N-ethyl adjacent to an activating group) is 1. The number of ketones is 1. The molecule has 7 nitrogen and oxygen atoms in total. The van der Waals surface area contributed by atoms with Gasteiger partial charge in [0, 0.05) is 12.6 Å². The summed E-state index contributed by atoms with van der Waals surface area (Å²) in [5.41, 5.74) is 0.206. The average Bonchev–Trinajstić information content (AvgIpc) is 2.68. The van der Waals surface area contributed by atoms with Gasteiger partial charge in [0.05, 0.1) is 12.8 Å². The highest BCUT2D eigenvalue weighted by Gasteiger charge is 2.14. The number of hydrogen-bond acceptors (Lipinski definition) is 7. The van der Waals surface area contributed by atoms with Gasteiger partial charge in [-0.05, 0) is 58.1 Å². The molecule has 0 aliphatic carbocycles. The number of aliphatic hydroxyl groups excluding tert-OH is 1. The van der Waals surface area contributed by atoms with Crippen LogP contribution in [0, 0.1) is 0 Å². The SMILES string of the molecule is C/C=C\C(=O)/C(O)=C(\C)CN(CC)CCCN(CC)Cc1occc(=O)c1O. The highest BCUT2D eigenvalue weighted by molar-refractivity contribution is 6.02. The molecule has 0 spiro atoms. The van der Waals surface area contributed by atoms with Gasteiger partial charge in [-0.25, -0.2) is 0 Å². The predicted molar refractivity (Wildman–Crippen MR) is 109 cm³/mol. The van der Waals surface area contributed by atoms with Crippen LogP contribution in [0.2, 0.25) is 0 Å². The molecule has 0 saturated heterocycles. The third-order valence-electron chi connectivity index (χ3n) is 4.55. The van der Waals surface area contributed by atoms with Gasteiger partial charge in [-0.15, -0.1) is 0 Å². The minimum Gasteiger partial charge on any atom is -0.504 e. The zero-order valence-electron chi connectivity index (χ0n) is 17.3. The average molecular weight is 392 g/mol. The quantitative estimate of drug-likeness (QED) is 0.417. The standard InChI is InChI=1S/C21H32N2O5/c1-5-9-17(24)20(26)16(4)14-22(6-2)11-8-12-23(7-3)15-19-21(27)18(25)10-13-28-19/h5,9-10,13,26-27H,6-8,11-12,14-15H2,1-4H3/b9-5-,20-16-. The van der Waals surface area contributed by atoms with Gasteiger partial charge >= 0.3 is 0 Å². The normalized spacial score (nSPS) is 12.8. The Bertz CT molecular complexity index is 751. The van der Waals surface area contributed by atoms with Crippen molar-refractivity contribution in [3.8, 4) is 5.75 Å². The summed E-state index contributed by atoms with van der Waals surface area (Å²) in [6, 6.07) is 1.19. The zero-order chi connectivity index (χ0) is 21.1. The predicted octanol–water partition coefficient (Wildman–Crippen LogP) is 2.86. The van der Waals surface area contributed by atoms with Crippen molar-refractivity contribution in [2.75, 3.05) is 32.7 Å². The van der Waals surface area contributed by atoms with Crippen molar-refractivity contribution in [1.29, 1.82) is 0 Å². The summed E-state index contributed by atoms with van der Waals surface area (Å²) in [5, 5.41) is 19.8. The van der Waals surface area contributed by atoms with Crippen molar-refractivity contribution in [2.45, 2.75) is 40.7 Å². The molecule has 156 valence electrons. The second kappa shape index (κ2) is 12.2. The van der Waals surface area contributed by atoms with Crippen LogP contribution in [-0.4, -0.2) is 58.5 Å². The largest absolute Gasteiger partial charge is 0.504 e. The molecule has 2 N–H and O–H groups in total. The molecule has 28 heavy (non-hydrogen) atoms. The van der Waals surface area contributed by atoms with Gasteiger partial charge in [0.2, 0.25) is 17.0 Å². The number of nitrogens with zero attached hydrogens (tertiary/aromatic N) is 2. The molecule has 1 heterocycles. The van der Waals surface area contributed by atoms with Crippen molar-refractivity contribution in [2.24, 2.45) is 0 Å². The molecule has 0 saturated carbocycles. The zero-order valence-corrected chi connectivity index (χ0v) is 17.3. The lowest BCUT2D eigenvalue weighted by atomic mass is 10.1. The van der Waals surface area contributed by atoms with Crippen molar-refractivity contribution >= 4 is 5.78 Å². The van der Waals surface area contributed by atoms with Crippen LogP contribution in [0.15, 0.2) is 45.0 Å². The number of aromatic hydroxyl groups is 1. The van der Waals surface area contributed by atoms with Gasteiger partial charge in [0.15, 0.2) is 11.5 Å². The molecule has 0 aliphatic heterocycles. The van der Waals surface area contributed by atoms with E-state index in [9.17, 15) is 19.8 Å². The maximum Gasteiger partial charge on any atom is 0.226 e. The second-order valence-electron chi connectivity index (χ2n) is 6.64. The molecule has 0 aromatic carbocycles. The molecule has 0 aliphatic rings. The Labute approximate surface area is 166 Å². The van der Waals surface area contributed by atoms with Crippen molar-refractivity contribution in [1.82, 2.24) is 9.80 Å². The summed E-state index contributed by atoms with van der Waals surface area (Å²) >= 11 is 0. The summed E-state index contributed by atoms with van der Waals surface area (Å²) in [7, 11) is 0. The second-order valence-corrected chi connectivity index (χ2v) is 6.64. The van der Waals surface area contributed by atoms with Crippen LogP contribution < -0.4 is 5.43 Å². The summed E-state index contributed by atoms with van der Waals surface area (Å²) in [6.07, 6.45) is 5.11. The molecule has 0 unspecified atom stereocenters. The molecule has 1 rings (SSSR count). The van der Waals surface area contributed by atoms with Crippen molar-refractivity contribution < 1.29 is 19.4 Å². The van der Waals surface area contributed by atoms with Gasteiger partial charge in [0.1, 0.15) is 0 Å². The van der Waals surface area contributed by atoms with Crippen LogP contribution in [0.1, 0.15) is 39.9 Å². The lowest BCUT2D eigenvalue weighted by Crippen LogP contribution is -2.31. The summed E-state index contributed by atoms with van der Waals surface area (Å²) in [5.74, 6) is -0.634. The van der Waals surface area contributed by atoms with E-state index in [2.05, 4.69) is 9.80 Å². The van der Waals surface area contributed by atoms with E-state index >= 15 is 0 Å². The lowest BCUT2D eigenvalue weighted by molar-refractivity contribution is -0.113. The molecule has 7 heteroatoms. The first-order valence-electron chi connectivity index (χ1n) is 9.64. The van der Waals surface area contributed by atoms with Crippen molar-refractivity contribution in [3.63, 3.8) is 0 Å².